The maximum Gasteiger partial charge on any atom is 0.317 e. The molecule has 242 valence electrons. The van der Waals surface area contributed by atoms with Crippen LogP contribution in [0.5, 0.6) is 5.88 Å². The van der Waals surface area contributed by atoms with Crippen LogP contribution in [-0.4, -0.2) is 58.2 Å². The van der Waals surface area contributed by atoms with Gasteiger partial charge in [0.2, 0.25) is 11.8 Å². The first-order valence-corrected chi connectivity index (χ1v) is 16.4. The van der Waals surface area contributed by atoms with E-state index in [9.17, 15) is 9.59 Å². The third-order valence-corrected chi connectivity index (χ3v) is 9.48. The number of carbonyl (C=O) groups is 2. The summed E-state index contributed by atoms with van der Waals surface area (Å²) in [4.78, 5) is 36.3. The second-order valence-electron chi connectivity index (χ2n) is 10.9. The van der Waals surface area contributed by atoms with Crippen molar-refractivity contribution in [2.45, 2.75) is 32.0 Å². The molecule has 0 spiro atoms. The Morgan fingerprint density at radius 2 is 1.81 bits per heavy atom. The fourth-order valence-electron chi connectivity index (χ4n) is 5.39. The Hall–Kier alpha value is -4.33. The van der Waals surface area contributed by atoms with E-state index in [1.807, 2.05) is 54.6 Å². The summed E-state index contributed by atoms with van der Waals surface area (Å²) >= 11 is 15.5. The molecule has 11 nitrogen and oxygen atoms in total. The van der Waals surface area contributed by atoms with E-state index < -0.39 is 5.97 Å². The van der Waals surface area contributed by atoms with Crippen LogP contribution in [0, 0.1) is 0 Å². The van der Waals surface area contributed by atoms with Crippen LogP contribution in [0.3, 0.4) is 0 Å². The zero-order valence-electron chi connectivity index (χ0n) is 25.3. The van der Waals surface area contributed by atoms with Crippen molar-refractivity contribution >= 4 is 68.1 Å². The number of nitrogens with zero attached hydrogens (tertiary/aromatic N) is 3. The Kier molecular flexibility index (Phi) is 10.1. The van der Waals surface area contributed by atoms with Crippen LogP contribution in [0.1, 0.15) is 23.4 Å². The second kappa shape index (κ2) is 14.6. The topological polar surface area (TPSA) is 150 Å². The summed E-state index contributed by atoms with van der Waals surface area (Å²) in [5.41, 5.74) is 5.01. The molecule has 47 heavy (non-hydrogen) atoms. The smallest absolute Gasteiger partial charge is 0.317 e. The number of thiazole rings is 1. The highest BCUT2D eigenvalue weighted by Crippen LogP contribution is 2.42. The van der Waals surface area contributed by atoms with Gasteiger partial charge in [-0.15, -0.1) is 11.3 Å². The number of hydrogen-bond donors (Lipinski definition) is 5. The van der Waals surface area contributed by atoms with Gasteiger partial charge in [0.25, 0.3) is 0 Å². The van der Waals surface area contributed by atoms with Gasteiger partial charge in [-0.1, -0.05) is 59.6 Å². The third-order valence-electron chi connectivity index (χ3n) is 7.64. The highest BCUT2D eigenvalue weighted by atomic mass is 35.5. The van der Waals surface area contributed by atoms with Gasteiger partial charge in [-0.3, -0.25) is 9.59 Å². The fourth-order valence-corrected chi connectivity index (χ4v) is 6.92. The number of methoxy groups -OCH3 is 1. The van der Waals surface area contributed by atoms with Crippen molar-refractivity contribution in [3.05, 3.63) is 81.4 Å². The Balaban J connectivity index is 1.23. The van der Waals surface area contributed by atoms with E-state index in [0.717, 1.165) is 38.4 Å². The number of nitrogens with one attached hydrogen (secondary N) is 4. The molecular formula is C33H31Cl2N7O4S. The number of carboxylic acid groups (broad SMARTS) is 1. The first kappa shape index (κ1) is 32.6. The van der Waals surface area contributed by atoms with E-state index in [-0.39, 0.29) is 18.5 Å². The number of halogens is 2. The number of hydrogen-bond acceptors (Lipinski definition) is 10. The number of anilines is 2. The Labute approximate surface area is 284 Å². The molecule has 6 rings (SSSR count). The zero-order valence-corrected chi connectivity index (χ0v) is 27.6. The minimum Gasteiger partial charge on any atom is -0.481 e. The van der Waals surface area contributed by atoms with Crippen LogP contribution in [0.4, 0.5) is 11.5 Å². The number of fused-ring (bicyclic) bond motifs is 1. The van der Waals surface area contributed by atoms with E-state index >= 15 is 0 Å². The lowest BCUT2D eigenvalue weighted by atomic mass is 10.00. The summed E-state index contributed by atoms with van der Waals surface area (Å²) in [6, 6.07) is 17.2. The average Bonchev–Trinajstić information content (AvgIpc) is 3.68. The zero-order chi connectivity index (χ0) is 32.9. The van der Waals surface area contributed by atoms with Gasteiger partial charge in [-0.25, -0.2) is 15.0 Å². The minimum absolute atomic E-state index is 0.0911. The predicted molar refractivity (Wildman–Crippen MR) is 185 cm³/mol. The molecule has 0 saturated carbocycles. The Morgan fingerprint density at radius 1 is 1.02 bits per heavy atom. The van der Waals surface area contributed by atoms with E-state index in [0.29, 0.717) is 64.7 Å². The highest BCUT2D eigenvalue weighted by Gasteiger charge is 2.21. The van der Waals surface area contributed by atoms with Crippen LogP contribution in [0.2, 0.25) is 10.0 Å². The number of carbonyl (C=O) groups excluding carboxylic acids is 1. The van der Waals surface area contributed by atoms with Gasteiger partial charge in [-0.05, 0) is 24.6 Å². The Morgan fingerprint density at radius 3 is 2.57 bits per heavy atom. The monoisotopic (exact) mass is 691 g/mol. The number of benzene rings is 2. The molecule has 1 fully saturated rings. The molecular weight excluding hydrogens is 661 g/mol. The first-order valence-electron chi connectivity index (χ1n) is 14.9. The molecule has 1 saturated heterocycles. The van der Waals surface area contributed by atoms with Gasteiger partial charge in [0, 0.05) is 60.5 Å². The maximum atomic E-state index is 11.5. The summed E-state index contributed by atoms with van der Waals surface area (Å²) in [5.74, 6) is 0.177. The van der Waals surface area contributed by atoms with E-state index in [1.54, 1.807) is 13.3 Å². The second-order valence-corrected chi connectivity index (χ2v) is 12.7. The molecule has 1 atom stereocenters. The lowest BCUT2D eigenvalue weighted by Gasteiger charge is -2.16. The van der Waals surface area contributed by atoms with Gasteiger partial charge in [0.1, 0.15) is 10.5 Å². The van der Waals surface area contributed by atoms with Crippen LogP contribution in [0.15, 0.2) is 60.8 Å². The van der Waals surface area contributed by atoms with Crippen molar-refractivity contribution in [1.82, 2.24) is 30.9 Å². The van der Waals surface area contributed by atoms with E-state index in [2.05, 4.69) is 31.2 Å². The number of rotatable bonds is 13. The SMILES string of the molecule is COc1nc(-c2cccc(-c3cccc(Nc4nccc5sc(CNCC(=O)O)nc45)c3Cl)c2Cl)ccc1CNC[C@H]1CCC(=O)N1. The standard InChI is InChI=1S/C33H31Cl2N7O4S/c1-46-33-18(14-36-15-19-9-11-26(43)39-19)8-10-23(41-33)22-6-2-4-20(29(22)34)21-5-3-7-24(30(21)35)40-32-31-25(12-13-38-32)47-27(42-31)16-37-17-28(44)45/h2-8,10,12-13,19,36-37H,9,11,14-17H2,1H3,(H,38,40)(H,39,43)(H,44,45)/t19-/m1/s1. The van der Waals surface area contributed by atoms with Crippen LogP contribution < -0.4 is 26.0 Å². The normalized spacial score (nSPS) is 14.4. The fraction of sp³-hybridized carbons (Fsp3) is 0.242. The third kappa shape index (κ3) is 7.47. The number of pyridine rings is 2. The van der Waals surface area contributed by atoms with Crippen molar-refractivity contribution in [3.63, 3.8) is 0 Å². The molecule has 1 amide bonds. The molecule has 0 radical (unpaired) electrons. The lowest BCUT2D eigenvalue weighted by molar-refractivity contribution is -0.136. The van der Waals surface area contributed by atoms with Gasteiger partial charge < -0.3 is 31.1 Å². The van der Waals surface area contributed by atoms with Gasteiger partial charge >= 0.3 is 5.97 Å². The van der Waals surface area contributed by atoms with Crippen LogP contribution in [-0.2, 0) is 22.7 Å². The summed E-state index contributed by atoms with van der Waals surface area (Å²) in [6.45, 7) is 1.39. The van der Waals surface area contributed by atoms with E-state index in [1.165, 1.54) is 11.3 Å². The van der Waals surface area contributed by atoms with Gasteiger partial charge in [-0.2, -0.15) is 0 Å². The van der Waals surface area contributed by atoms with Crippen molar-refractivity contribution in [1.29, 1.82) is 0 Å². The molecule has 4 heterocycles. The number of carboxylic acids is 1. The molecule has 5 N–H and O–H groups in total. The predicted octanol–water partition coefficient (Wildman–Crippen LogP) is 6.02. The van der Waals surface area contributed by atoms with Gasteiger partial charge in [0.15, 0.2) is 5.82 Å². The number of aliphatic carboxylic acids is 1. The van der Waals surface area contributed by atoms with Crippen molar-refractivity contribution < 1.29 is 19.4 Å². The molecule has 0 bridgehead atoms. The molecule has 0 aliphatic carbocycles. The molecule has 0 unspecified atom stereocenters. The molecule has 1 aliphatic rings. The van der Waals surface area contributed by atoms with Crippen molar-refractivity contribution in [2.24, 2.45) is 0 Å². The highest BCUT2D eigenvalue weighted by molar-refractivity contribution is 7.18. The largest absolute Gasteiger partial charge is 0.481 e. The quantitative estimate of drug-likeness (QED) is 0.0991. The summed E-state index contributed by atoms with van der Waals surface area (Å²) in [7, 11) is 1.58. The van der Waals surface area contributed by atoms with Crippen LogP contribution in [0.25, 0.3) is 32.6 Å². The molecule has 3 aromatic heterocycles. The number of amides is 1. The molecule has 5 aromatic rings. The molecule has 14 heteroatoms. The lowest BCUT2D eigenvalue weighted by Crippen LogP contribution is -2.35. The van der Waals surface area contributed by atoms with Crippen molar-refractivity contribution in [2.75, 3.05) is 25.5 Å². The van der Waals surface area contributed by atoms with E-state index in [4.69, 9.17) is 38.0 Å². The number of ether oxygens (including phenoxy) is 1. The minimum atomic E-state index is -0.930. The van der Waals surface area contributed by atoms with Crippen molar-refractivity contribution in [3.8, 4) is 28.3 Å². The summed E-state index contributed by atoms with van der Waals surface area (Å²) < 4.78 is 6.53. The summed E-state index contributed by atoms with van der Waals surface area (Å²) in [5, 5.41) is 23.1. The summed E-state index contributed by atoms with van der Waals surface area (Å²) in [6.07, 6.45) is 3.08. The maximum absolute atomic E-state index is 11.5. The van der Waals surface area contributed by atoms with Crippen LogP contribution >= 0.6 is 34.5 Å². The molecule has 1 aliphatic heterocycles. The molecule has 2 aromatic carbocycles. The Bertz CT molecular complexity index is 1950. The average molecular weight is 693 g/mol. The number of aromatic nitrogens is 3. The van der Waals surface area contributed by atoms with Gasteiger partial charge in [0.05, 0.1) is 39.8 Å². The first-order chi connectivity index (χ1) is 22.8.